The Kier molecular flexibility index (Phi) is 8.05. The number of amides is 1. The standard InChI is InChI=1S/C24H22FN3O3S2/c1-28(17-19-5-3-2-4-6-19)33(30,31)22-14-12-21(13-15-22)26-24(32)27-23(29)16-9-18-7-10-20(25)11-8-18/h2-16H,17H2,1H3,(H2,26,27,29,32)/b16-9+. The van der Waals surface area contributed by atoms with Gasteiger partial charge < -0.3 is 5.32 Å². The van der Waals surface area contributed by atoms with Crippen molar-refractivity contribution in [3.8, 4) is 0 Å². The summed E-state index contributed by atoms with van der Waals surface area (Å²) in [5.41, 5.74) is 2.07. The van der Waals surface area contributed by atoms with Crippen LogP contribution in [-0.2, 0) is 21.4 Å². The summed E-state index contributed by atoms with van der Waals surface area (Å²) in [5.74, 6) is -0.817. The minimum atomic E-state index is -3.67. The molecule has 0 saturated carbocycles. The van der Waals surface area contributed by atoms with Crippen molar-refractivity contribution in [1.29, 1.82) is 0 Å². The molecule has 0 saturated heterocycles. The Bertz CT molecular complexity index is 1240. The number of rotatable bonds is 7. The van der Waals surface area contributed by atoms with Crippen molar-refractivity contribution in [3.63, 3.8) is 0 Å². The fraction of sp³-hybridized carbons (Fsp3) is 0.0833. The van der Waals surface area contributed by atoms with Crippen molar-refractivity contribution in [3.05, 3.63) is 102 Å². The van der Waals surface area contributed by atoms with Gasteiger partial charge in [-0.05, 0) is 65.8 Å². The predicted molar refractivity (Wildman–Crippen MR) is 131 cm³/mol. The van der Waals surface area contributed by atoms with E-state index in [4.69, 9.17) is 12.2 Å². The van der Waals surface area contributed by atoms with Crippen molar-refractivity contribution in [2.75, 3.05) is 12.4 Å². The Balaban J connectivity index is 1.56. The second kappa shape index (κ2) is 11.0. The van der Waals surface area contributed by atoms with Crippen molar-refractivity contribution < 1.29 is 17.6 Å². The van der Waals surface area contributed by atoms with Crippen molar-refractivity contribution in [2.24, 2.45) is 0 Å². The number of carbonyl (C=O) groups is 1. The molecule has 3 rings (SSSR count). The van der Waals surface area contributed by atoms with Gasteiger partial charge in [-0.25, -0.2) is 12.8 Å². The molecule has 0 heterocycles. The monoisotopic (exact) mass is 483 g/mol. The Labute approximate surface area is 197 Å². The average molecular weight is 484 g/mol. The highest BCUT2D eigenvalue weighted by molar-refractivity contribution is 7.89. The van der Waals surface area contributed by atoms with Gasteiger partial charge in [0.1, 0.15) is 5.82 Å². The highest BCUT2D eigenvalue weighted by Gasteiger charge is 2.20. The number of thiocarbonyl (C=S) groups is 1. The van der Waals surface area contributed by atoms with E-state index in [1.165, 1.54) is 47.8 Å². The summed E-state index contributed by atoms with van der Waals surface area (Å²) in [7, 11) is -2.14. The average Bonchev–Trinajstić information content (AvgIpc) is 2.79. The molecule has 0 aliphatic rings. The number of nitrogens with one attached hydrogen (secondary N) is 2. The molecule has 0 radical (unpaired) electrons. The largest absolute Gasteiger partial charge is 0.332 e. The highest BCUT2D eigenvalue weighted by Crippen LogP contribution is 2.19. The van der Waals surface area contributed by atoms with E-state index < -0.39 is 15.9 Å². The molecule has 0 unspecified atom stereocenters. The number of hydrogen-bond acceptors (Lipinski definition) is 4. The zero-order valence-electron chi connectivity index (χ0n) is 17.7. The van der Waals surface area contributed by atoms with Gasteiger partial charge in [0.25, 0.3) is 0 Å². The molecule has 0 fully saturated rings. The summed E-state index contributed by atoms with van der Waals surface area (Å²) in [5, 5.41) is 5.38. The van der Waals surface area contributed by atoms with Gasteiger partial charge >= 0.3 is 0 Å². The molecule has 6 nitrogen and oxygen atoms in total. The smallest absolute Gasteiger partial charge is 0.250 e. The number of halogens is 1. The summed E-state index contributed by atoms with van der Waals surface area (Å²) in [6.45, 7) is 0.255. The lowest BCUT2D eigenvalue weighted by Gasteiger charge is -2.17. The fourth-order valence-electron chi connectivity index (χ4n) is 2.88. The molecule has 0 atom stereocenters. The van der Waals surface area contributed by atoms with Gasteiger partial charge in [0.15, 0.2) is 5.11 Å². The van der Waals surface area contributed by atoms with Gasteiger partial charge in [-0.1, -0.05) is 42.5 Å². The van der Waals surface area contributed by atoms with Gasteiger partial charge in [0.2, 0.25) is 15.9 Å². The minimum Gasteiger partial charge on any atom is -0.332 e. The SMILES string of the molecule is CN(Cc1ccccc1)S(=O)(=O)c1ccc(NC(=S)NC(=O)/C=C/c2ccc(F)cc2)cc1. The zero-order valence-corrected chi connectivity index (χ0v) is 19.4. The quantitative estimate of drug-likeness (QED) is 0.390. The molecule has 170 valence electrons. The molecule has 1 amide bonds. The number of benzene rings is 3. The van der Waals surface area contributed by atoms with Crippen LogP contribution in [0.4, 0.5) is 10.1 Å². The molecule has 33 heavy (non-hydrogen) atoms. The van der Waals surface area contributed by atoms with Crippen LogP contribution in [0.2, 0.25) is 0 Å². The van der Waals surface area contributed by atoms with E-state index in [1.807, 2.05) is 30.3 Å². The van der Waals surface area contributed by atoms with Crippen molar-refractivity contribution >= 4 is 45.0 Å². The summed E-state index contributed by atoms with van der Waals surface area (Å²) >= 11 is 5.13. The van der Waals surface area contributed by atoms with Crippen LogP contribution in [0.25, 0.3) is 6.08 Å². The van der Waals surface area contributed by atoms with Crippen LogP contribution in [0.1, 0.15) is 11.1 Å². The third-order valence-electron chi connectivity index (χ3n) is 4.60. The van der Waals surface area contributed by atoms with Gasteiger partial charge in [0.05, 0.1) is 4.90 Å². The van der Waals surface area contributed by atoms with Crippen molar-refractivity contribution in [2.45, 2.75) is 11.4 Å². The summed E-state index contributed by atoms with van der Waals surface area (Å²) in [6, 6.07) is 21.1. The molecule has 0 bridgehead atoms. The van der Waals surface area contributed by atoms with E-state index in [-0.39, 0.29) is 22.4 Å². The number of nitrogens with zero attached hydrogens (tertiary/aromatic N) is 1. The van der Waals surface area contributed by atoms with E-state index in [1.54, 1.807) is 24.3 Å². The number of hydrogen-bond donors (Lipinski definition) is 2. The van der Waals surface area contributed by atoms with Crippen molar-refractivity contribution in [1.82, 2.24) is 9.62 Å². The first-order chi connectivity index (χ1) is 15.7. The zero-order chi connectivity index (χ0) is 23.8. The first-order valence-corrected chi connectivity index (χ1v) is 11.7. The molecule has 0 aliphatic carbocycles. The topological polar surface area (TPSA) is 78.5 Å². The first-order valence-electron chi connectivity index (χ1n) is 9.90. The Hall–Kier alpha value is -3.40. The summed E-state index contributed by atoms with van der Waals surface area (Å²) in [4.78, 5) is 12.2. The second-order valence-electron chi connectivity index (χ2n) is 7.10. The number of carbonyl (C=O) groups excluding carboxylic acids is 1. The molecular formula is C24H22FN3O3S2. The Morgan fingerprint density at radius 3 is 2.27 bits per heavy atom. The summed E-state index contributed by atoms with van der Waals surface area (Å²) < 4.78 is 39.8. The van der Waals surface area contributed by atoms with Crippen LogP contribution >= 0.6 is 12.2 Å². The molecule has 0 aliphatic heterocycles. The van der Waals surface area contributed by atoms with E-state index >= 15 is 0 Å². The minimum absolute atomic E-state index is 0.0561. The first kappa shape index (κ1) is 24.2. The predicted octanol–water partition coefficient (Wildman–Crippen LogP) is 4.17. The summed E-state index contributed by atoms with van der Waals surface area (Å²) in [6.07, 6.45) is 2.81. The molecule has 0 aromatic heterocycles. The lowest BCUT2D eigenvalue weighted by atomic mass is 10.2. The fourth-order valence-corrected chi connectivity index (χ4v) is 4.25. The molecule has 2 N–H and O–H groups in total. The molecule has 9 heteroatoms. The maximum absolute atomic E-state index is 12.9. The third kappa shape index (κ3) is 7.04. The van der Waals surface area contributed by atoms with Crippen LogP contribution in [0.15, 0.2) is 89.8 Å². The third-order valence-corrected chi connectivity index (χ3v) is 6.62. The van der Waals surface area contributed by atoms with Gasteiger partial charge in [0, 0.05) is 25.4 Å². The van der Waals surface area contributed by atoms with Crippen LogP contribution in [0.3, 0.4) is 0 Å². The van der Waals surface area contributed by atoms with Gasteiger partial charge in [-0.3, -0.25) is 10.1 Å². The molecule has 3 aromatic carbocycles. The van der Waals surface area contributed by atoms with Gasteiger partial charge in [-0.2, -0.15) is 4.31 Å². The van der Waals surface area contributed by atoms with E-state index in [2.05, 4.69) is 10.6 Å². The molecule has 3 aromatic rings. The molecular weight excluding hydrogens is 461 g/mol. The van der Waals surface area contributed by atoms with Gasteiger partial charge in [-0.15, -0.1) is 0 Å². The number of sulfonamides is 1. The maximum Gasteiger partial charge on any atom is 0.250 e. The number of anilines is 1. The Morgan fingerprint density at radius 2 is 1.64 bits per heavy atom. The van der Waals surface area contributed by atoms with Crippen LogP contribution < -0.4 is 10.6 Å². The lowest BCUT2D eigenvalue weighted by molar-refractivity contribution is -0.115. The normalized spacial score (nSPS) is 11.5. The lowest BCUT2D eigenvalue weighted by Crippen LogP contribution is -2.32. The molecule has 0 spiro atoms. The van der Waals surface area contributed by atoms with E-state index in [0.717, 1.165) is 5.56 Å². The van der Waals surface area contributed by atoms with Crippen LogP contribution in [-0.4, -0.2) is 30.8 Å². The van der Waals surface area contributed by atoms with E-state index in [0.29, 0.717) is 11.3 Å². The second-order valence-corrected chi connectivity index (χ2v) is 9.55. The Morgan fingerprint density at radius 1 is 1.00 bits per heavy atom. The highest BCUT2D eigenvalue weighted by atomic mass is 32.2. The van der Waals surface area contributed by atoms with E-state index in [9.17, 15) is 17.6 Å². The maximum atomic E-state index is 12.9. The van der Waals surface area contributed by atoms with Crippen LogP contribution in [0.5, 0.6) is 0 Å². The van der Waals surface area contributed by atoms with Crippen LogP contribution in [0, 0.1) is 5.82 Å².